The Kier molecular flexibility index (Phi) is 3.58. The quantitative estimate of drug-likeness (QED) is 0.810. The average Bonchev–Trinajstić information content (AvgIpc) is 2.88. The number of carbonyl (C=O) groups is 1. The van der Waals surface area contributed by atoms with Crippen molar-refractivity contribution in [2.75, 3.05) is 19.7 Å². The van der Waals surface area contributed by atoms with E-state index in [-0.39, 0.29) is 18.9 Å². The minimum atomic E-state index is -1.69. The molecule has 18 heavy (non-hydrogen) atoms. The smallest absolute Gasteiger partial charge is 0.243 e. The molecule has 1 aliphatic heterocycles. The van der Waals surface area contributed by atoms with Gasteiger partial charge in [-0.1, -0.05) is 12.8 Å². The van der Waals surface area contributed by atoms with Crippen LogP contribution in [0.2, 0.25) is 0 Å². The van der Waals surface area contributed by atoms with Crippen molar-refractivity contribution in [2.45, 2.75) is 44.2 Å². The van der Waals surface area contributed by atoms with Crippen LogP contribution >= 0.6 is 0 Å². The number of hydrogen-bond donors (Lipinski definition) is 1. The van der Waals surface area contributed by atoms with E-state index in [0.717, 1.165) is 12.8 Å². The van der Waals surface area contributed by atoms with E-state index in [9.17, 15) is 14.4 Å². The number of likely N-dealkylation sites (tertiary alicyclic amines) is 1. The highest BCUT2D eigenvalue weighted by Crippen LogP contribution is 2.40. The summed E-state index contributed by atoms with van der Waals surface area (Å²) in [5.41, 5.74) is -2.63. The second-order valence-electron chi connectivity index (χ2n) is 5.54. The van der Waals surface area contributed by atoms with Gasteiger partial charge in [0, 0.05) is 6.54 Å². The average molecular weight is 254 g/mol. The van der Waals surface area contributed by atoms with Crippen molar-refractivity contribution in [2.24, 2.45) is 5.41 Å². The Morgan fingerprint density at radius 3 is 2.56 bits per heavy atom. The lowest BCUT2D eigenvalue weighted by molar-refractivity contribution is -0.144. The van der Waals surface area contributed by atoms with Gasteiger partial charge in [0.05, 0.1) is 19.2 Å². The summed E-state index contributed by atoms with van der Waals surface area (Å²) in [7, 11) is 0. The molecule has 5 heteroatoms. The molecular formula is C13H19FN2O2. The lowest BCUT2D eigenvalue weighted by Crippen LogP contribution is -2.53. The van der Waals surface area contributed by atoms with Gasteiger partial charge in [-0.25, -0.2) is 4.39 Å². The van der Waals surface area contributed by atoms with Gasteiger partial charge in [-0.05, 0) is 25.7 Å². The second kappa shape index (κ2) is 4.85. The molecule has 2 aliphatic rings. The molecule has 0 aromatic carbocycles. The molecule has 1 saturated carbocycles. The number of halogens is 1. The monoisotopic (exact) mass is 254 g/mol. The molecule has 2 rings (SSSR count). The number of aliphatic hydroxyl groups is 1. The van der Waals surface area contributed by atoms with Gasteiger partial charge in [-0.3, -0.25) is 4.79 Å². The first kappa shape index (κ1) is 13.3. The number of rotatable bonds is 2. The fourth-order valence-electron chi connectivity index (χ4n) is 3.04. The van der Waals surface area contributed by atoms with Crippen LogP contribution in [0.3, 0.4) is 0 Å². The molecule has 1 saturated heterocycles. The molecular weight excluding hydrogens is 235 g/mol. The van der Waals surface area contributed by atoms with E-state index in [2.05, 4.69) is 6.07 Å². The number of carbonyl (C=O) groups excluding carboxylic acids is 1. The van der Waals surface area contributed by atoms with Gasteiger partial charge < -0.3 is 10.0 Å². The third-order valence-electron chi connectivity index (χ3n) is 4.18. The van der Waals surface area contributed by atoms with Crippen molar-refractivity contribution in [3.63, 3.8) is 0 Å². The predicted octanol–water partition coefficient (Wildman–Crippen LogP) is 1.39. The van der Waals surface area contributed by atoms with Gasteiger partial charge in [0.1, 0.15) is 5.41 Å². The lowest BCUT2D eigenvalue weighted by atomic mass is 9.84. The van der Waals surface area contributed by atoms with Gasteiger partial charge in [0.2, 0.25) is 5.91 Å². The Morgan fingerprint density at radius 1 is 1.33 bits per heavy atom. The fourth-order valence-corrected chi connectivity index (χ4v) is 3.04. The Hall–Kier alpha value is -1.15. The summed E-state index contributed by atoms with van der Waals surface area (Å²) in [5, 5.41) is 18.3. The van der Waals surface area contributed by atoms with Crippen molar-refractivity contribution in [3.05, 3.63) is 0 Å². The third kappa shape index (κ3) is 2.22. The molecule has 4 nitrogen and oxygen atoms in total. The van der Waals surface area contributed by atoms with E-state index in [1.165, 1.54) is 4.90 Å². The molecule has 2 fully saturated rings. The van der Waals surface area contributed by atoms with Crippen LogP contribution in [-0.4, -0.2) is 41.3 Å². The molecule has 1 aliphatic carbocycles. The maximum atomic E-state index is 14.1. The topological polar surface area (TPSA) is 64.3 Å². The number of alkyl halides is 1. The Balaban J connectivity index is 2.12. The molecule has 0 radical (unpaired) electrons. The van der Waals surface area contributed by atoms with Crippen LogP contribution in [0.25, 0.3) is 0 Å². The zero-order valence-corrected chi connectivity index (χ0v) is 10.5. The Morgan fingerprint density at radius 2 is 2.00 bits per heavy atom. The van der Waals surface area contributed by atoms with Crippen molar-refractivity contribution >= 4 is 5.91 Å². The summed E-state index contributed by atoms with van der Waals surface area (Å²) in [5.74, 6) is -0.238. The lowest BCUT2D eigenvalue weighted by Gasteiger charge is -2.39. The van der Waals surface area contributed by atoms with Crippen molar-refractivity contribution in [1.29, 1.82) is 5.26 Å². The molecule has 0 bridgehead atoms. The minimum Gasteiger partial charge on any atom is -0.393 e. The molecule has 1 heterocycles. The van der Waals surface area contributed by atoms with Crippen LogP contribution < -0.4 is 0 Å². The van der Waals surface area contributed by atoms with Crippen LogP contribution in [0.1, 0.15) is 38.5 Å². The van der Waals surface area contributed by atoms with Crippen LogP contribution in [0.4, 0.5) is 4.39 Å². The number of hydrogen-bond acceptors (Lipinski definition) is 3. The summed E-state index contributed by atoms with van der Waals surface area (Å²) < 4.78 is 14.1. The number of aliphatic hydroxyl groups excluding tert-OH is 1. The van der Waals surface area contributed by atoms with E-state index < -0.39 is 17.7 Å². The van der Waals surface area contributed by atoms with Gasteiger partial charge in [0.15, 0.2) is 5.67 Å². The zero-order chi connectivity index (χ0) is 13.2. The van der Waals surface area contributed by atoms with Crippen LogP contribution in [-0.2, 0) is 4.79 Å². The maximum absolute atomic E-state index is 14.1. The third-order valence-corrected chi connectivity index (χ3v) is 4.18. The Labute approximate surface area is 106 Å². The van der Waals surface area contributed by atoms with E-state index in [1.54, 1.807) is 0 Å². The van der Waals surface area contributed by atoms with Crippen molar-refractivity contribution < 1.29 is 14.3 Å². The van der Waals surface area contributed by atoms with Crippen molar-refractivity contribution in [1.82, 2.24) is 4.90 Å². The summed E-state index contributed by atoms with van der Waals surface area (Å²) in [6, 6.07) is 2.14. The van der Waals surface area contributed by atoms with Crippen LogP contribution in [0.15, 0.2) is 0 Å². The first-order chi connectivity index (χ1) is 8.55. The molecule has 0 aromatic rings. The summed E-state index contributed by atoms with van der Waals surface area (Å²) in [6.07, 6.45) is 3.76. The normalized spacial score (nSPS) is 31.1. The summed E-state index contributed by atoms with van der Waals surface area (Å²) >= 11 is 0. The highest BCUT2D eigenvalue weighted by molar-refractivity contribution is 5.86. The van der Waals surface area contributed by atoms with Gasteiger partial charge in [-0.2, -0.15) is 5.26 Å². The number of nitrogens with zero attached hydrogens (tertiary/aromatic N) is 2. The van der Waals surface area contributed by atoms with Crippen molar-refractivity contribution in [3.8, 4) is 6.07 Å². The SMILES string of the molecule is N#CC1(C(=O)N2CCC[C@@](F)(CO)C2)CCCC1. The van der Waals surface area contributed by atoms with Gasteiger partial charge >= 0.3 is 0 Å². The molecule has 0 aromatic heterocycles. The molecule has 100 valence electrons. The predicted molar refractivity (Wildman–Crippen MR) is 63.3 cm³/mol. The standard InChI is InChI=1S/C13H19FN2O2/c14-13(10-17)6-3-7-16(9-13)11(18)12(8-15)4-1-2-5-12/h17H,1-7,9-10H2/t13-/m0/s1. The van der Waals surface area contributed by atoms with Gasteiger partial charge in [0.25, 0.3) is 0 Å². The maximum Gasteiger partial charge on any atom is 0.243 e. The fraction of sp³-hybridized carbons (Fsp3) is 0.846. The molecule has 0 spiro atoms. The highest BCUT2D eigenvalue weighted by atomic mass is 19.1. The molecule has 1 N–H and O–H groups in total. The number of piperidine rings is 1. The molecule has 1 atom stereocenters. The number of amides is 1. The van der Waals surface area contributed by atoms with E-state index >= 15 is 0 Å². The summed E-state index contributed by atoms with van der Waals surface area (Å²) in [4.78, 5) is 13.9. The van der Waals surface area contributed by atoms with Crippen LogP contribution in [0, 0.1) is 16.7 Å². The first-order valence-electron chi connectivity index (χ1n) is 6.56. The van der Waals surface area contributed by atoms with E-state index in [1.807, 2.05) is 0 Å². The minimum absolute atomic E-state index is 0.0776. The zero-order valence-electron chi connectivity index (χ0n) is 10.5. The summed E-state index contributed by atoms with van der Waals surface area (Å²) in [6.45, 7) is -0.143. The van der Waals surface area contributed by atoms with Gasteiger partial charge in [-0.15, -0.1) is 0 Å². The second-order valence-corrected chi connectivity index (χ2v) is 5.54. The van der Waals surface area contributed by atoms with E-state index in [0.29, 0.717) is 25.8 Å². The van der Waals surface area contributed by atoms with E-state index in [4.69, 9.17) is 5.11 Å². The molecule has 1 amide bonds. The largest absolute Gasteiger partial charge is 0.393 e. The first-order valence-corrected chi connectivity index (χ1v) is 6.56. The highest BCUT2D eigenvalue weighted by Gasteiger charge is 2.47. The van der Waals surface area contributed by atoms with Crippen LogP contribution in [0.5, 0.6) is 0 Å². The molecule has 0 unspecified atom stereocenters. The Bertz CT molecular complexity index is 374. The number of nitriles is 1.